The molecule has 4 rings (SSSR count). The minimum atomic E-state index is -3.83. The van der Waals surface area contributed by atoms with Crippen molar-refractivity contribution in [1.29, 1.82) is 0 Å². The highest BCUT2D eigenvalue weighted by Crippen LogP contribution is 2.32. The fourth-order valence-corrected chi connectivity index (χ4v) is 3.97. The molecule has 1 saturated carbocycles. The molecule has 1 amide bonds. The van der Waals surface area contributed by atoms with Crippen molar-refractivity contribution in [2.24, 2.45) is 5.92 Å². The summed E-state index contributed by atoms with van der Waals surface area (Å²) in [5.41, 5.74) is 0.741. The molecule has 1 heterocycles. The van der Waals surface area contributed by atoms with Crippen LogP contribution in [0, 0.1) is 5.92 Å². The van der Waals surface area contributed by atoms with Crippen LogP contribution in [0.5, 0.6) is 11.5 Å². The molecule has 28 heavy (non-hydrogen) atoms. The van der Waals surface area contributed by atoms with E-state index in [1.807, 2.05) is 0 Å². The van der Waals surface area contributed by atoms with Crippen molar-refractivity contribution in [2.75, 3.05) is 24.5 Å². The Bertz CT molecular complexity index is 986. The number of fused-ring (bicyclic) bond motifs is 1. The zero-order chi connectivity index (χ0) is 19.6. The van der Waals surface area contributed by atoms with Crippen LogP contribution in [0.4, 0.5) is 5.69 Å². The summed E-state index contributed by atoms with van der Waals surface area (Å²) in [6, 6.07) is 11.0. The highest BCUT2D eigenvalue weighted by molar-refractivity contribution is 7.92. The number of anilines is 1. The predicted molar refractivity (Wildman–Crippen MR) is 104 cm³/mol. The molecule has 2 aromatic rings. The molecule has 1 fully saturated rings. The average molecular weight is 402 g/mol. The number of benzene rings is 2. The Morgan fingerprint density at radius 3 is 2.61 bits per heavy atom. The van der Waals surface area contributed by atoms with Gasteiger partial charge in [-0.3, -0.25) is 9.52 Å². The van der Waals surface area contributed by atoms with E-state index in [1.54, 1.807) is 24.3 Å². The summed E-state index contributed by atoms with van der Waals surface area (Å²) in [7, 11) is -3.83. The minimum Gasteiger partial charge on any atom is -0.490 e. The summed E-state index contributed by atoms with van der Waals surface area (Å²) < 4.78 is 39.2. The summed E-state index contributed by atoms with van der Waals surface area (Å²) >= 11 is 0. The molecule has 2 aliphatic rings. The van der Waals surface area contributed by atoms with Crippen molar-refractivity contribution in [1.82, 2.24) is 5.32 Å². The Labute approximate surface area is 164 Å². The van der Waals surface area contributed by atoms with Gasteiger partial charge in [-0.2, -0.15) is 0 Å². The van der Waals surface area contributed by atoms with Crippen LogP contribution < -0.4 is 19.5 Å². The summed E-state index contributed by atoms with van der Waals surface area (Å²) in [4.78, 5) is 12.3. The molecule has 0 saturated heterocycles. The first-order valence-electron chi connectivity index (χ1n) is 9.32. The normalized spacial score (nSPS) is 16.1. The largest absolute Gasteiger partial charge is 0.490 e. The maximum Gasteiger partial charge on any atom is 0.262 e. The SMILES string of the molecule is O=C(NCC1CC1)c1cccc(NS(=O)(=O)c2ccc3c(c2)OCCCO3)c1. The molecule has 2 aromatic carbocycles. The number of rotatable bonds is 6. The average Bonchev–Trinajstić information content (AvgIpc) is 3.52. The van der Waals surface area contributed by atoms with Gasteiger partial charge in [-0.05, 0) is 49.1 Å². The fraction of sp³-hybridized carbons (Fsp3) is 0.350. The molecule has 0 atom stereocenters. The van der Waals surface area contributed by atoms with Gasteiger partial charge in [-0.15, -0.1) is 0 Å². The lowest BCUT2D eigenvalue weighted by Crippen LogP contribution is -2.25. The summed E-state index contributed by atoms with van der Waals surface area (Å²) in [6.45, 7) is 1.67. The molecule has 1 aliphatic heterocycles. The minimum absolute atomic E-state index is 0.0698. The van der Waals surface area contributed by atoms with Gasteiger partial charge in [0.15, 0.2) is 11.5 Å². The Morgan fingerprint density at radius 1 is 1.04 bits per heavy atom. The number of amides is 1. The van der Waals surface area contributed by atoms with Gasteiger partial charge < -0.3 is 14.8 Å². The molecule has 2 N–H and O–H groups in total. The van der Waals surface area contributed by atoms with Gasteiger partial charge in [0.2, 0.25) is 0 Å². The van der Waals surface area contributed by atoms with E-state index in [2.05, 4.69) is 10.0 Å². The summed E-state index contributed by atoms with van der Waals surface area (Å²) in [5, 5.41) is 2.88. The lowest BCUT2D eigenvalue weighted by molar-refractivity contribution is 0.0952. The van der Waals surface area contributed by atoms with Gasteiger partial charge in [0.1, 0.15) is 0 Å². The Morgan fingerprint density at radius 2 is 1.82 bits per heavy atom. The van der Waals surface area contributed by atoms with E-state index in [9.17, 15) is 13.2 Å². The van der Waals surface area contributed by atoms with Crippen molar-refractivity contribution in [3.63, 3.8) is 0 Å². The second kappa shape index (κ2) is 7.71. The number of sulfonamides is 1. The maximum absolute atomic E-state index is 12.8. The van der Waals surface area contributed by atoms with E-state index in [4.69, 9.17) is 9.47 Å². The number of ether oxygens (including phenoxy) is 2. The van der Waals surface area contributed by atoms with Gasteiger partial charge in [-0.1, -0.05) is 6.07 Å². The highest BCUT2D eigenvalue weighted by Gasteiger charge is 2.22. The van der Waals surface area contributed by atoms with Gasteiger partial charge in [0, 0.05) is 30.3 Å². The topological polar surface area (TPSA) is 93.7 Å². The molecule has 1 aliphatic carbocycles. The predicted octanol–water partition coefficient (Wildman–Crippen LogP) is 2.79. The zero-order valence-electron chi connectivity index (χ0n) is 15.3. The molecular formula is C20H22N2O5S. The molecular weight excluding hydrogens is 380 g/mol. The van der Waals surface area contributed by atoms with Crippen LogP contribution in [-0.4, -0.2) is 34.1 Å². The third-order valence-corrected chi connectivity index (χ3v) is 6.03. The smallest absolute Gasteiger partial charge is 0.262 e. The highest BCUT2D eigenvalue weighted by atomic mass is 32.2. The zero-order valence-corrected chi connectivity index (χ0v) is 16.1. The number of carbonyl (C=O) groups is 1. The quantitative estimate of drug-likeness (QED) is 0.775. The summed E-state index contributed by atoms with van der Waals surface area (Å²) in [6.07, 6.45) is 3.04. The first-order chi connectivity index (χ1) is 13.5. The van der Waals surface area contributed by atoms with E-state index in [1.165, 1.54) is 18.2 Å². The first kappa shape index (κ1) is 18.6. The number of carbonyl (C=O) groups excluding carboxylic acids is 1. The molecule has 0 spiro atoms. The Kier molecular flexibility index (Phi) is 5.13. The number of hydrogen-bond donors (Lipinski definition) is 2. The van der Waals surface area contributed by atoms with E-state index in [0.717, 1.165) is 19.3 Å². The van der Waals surface area contributed by atoms with Crippen LogP contribution in [0.15, 0.2) is 47.4 Å². The van der Waals surface area contributed by atoms with E-state index >= 15 is 0 Å². The molecule has 0 unspecified atom stereocenters. The Hall–Kier alpha value is -2.74. The van der Waals surface area contributed by atoms with Crippen molar-refractivity contribution in [3.8, 4) is 11.5 Å². The van der Waals surface area contributed by atoms with E-state index < -0.39 is 10.0 Å². The maximum atomic E-state index is 12.8. The van der Waals surface area contributed by atoms with Gasteiger partial charge in [-0.25, -0.2) is 8.42 Å². The van der Waals surface area contributed by atoms with E-state index in [-0.39, 0.29) is 10.8 Å². The lowest BCUT2D eigenvalue weighted by atomic mass is 10.2. The van der Waals surface area contributed by atoms with Crippen molar-refractivity contribution in [3.05, 3.63) is 48.0 Å². The van der Waals surface area contributed by atoms with Gasteiger partial charge >= 0.3 is 0 Å². The van der Waals surface area contributed by atoms with Crippen molar-refractivity contribution >= 4 is 21.6 Å². The standard InChI is InChI=1S/C20H22N2O5S/c23-20(21-13-14-5-6-14)15-3-1-4-16(11-15)22-28(24,25)17-7-8-18-19(12-17)27-10-2-9-26-18/h1,3-4,7-8,11-12,14,22H,2,5-6,9-10,13H2,(H,21,23). The third kappa shape index (κ3) is 4.39. The number of hydrogen-bond acceptors (Lipinski definition) is 5. The van der Waals surface area contributed by atoms with Crippen LogP contribution in [0.2, 0.25) is 0 Å². The van der Waals surface area contributed by atoms with Crippen LogP contribution in [-0.2, 0) is 10.0 Å². The van der Waals surface area contributed by atoms with E-state index in [0.29, 0.717) is 48.4 Å². The number of nitrogens with one attached hydrogen (secondary N) is 2. The third-order valence-electron chi connectivity index (χ3n) is 4.65. The second-order valence-electron chi connectivity index (χ2n) is 7.00. The van der Waals surface area contributed by atoms with Crippen LogP contribution in [0.25, 0.3) is 0 Å². The van der Waals surface area contributed by atoms with Crippen molar-refractivity contribution < 1.29 is 22.7 Å². The molecule has 8 heteroatoms. The van der Waals surface area contributed by atoms with Crippen LogP contribution in [0.1, 0.15) is 29.6 Å². The van der Waals surface area contributed by atoms with Crippen LogP contribution in [0.3, 0.4) is 0 Å². The second-order valence-corrected chi connectivity index (χ2v) is 8.68. The van der Waals surface area contributed by atoms with Crippen molar-refractivity contribution in [2.45, 2.75) is 24.2 Å². The monoisotopic (exact) mass is 402 g/mol. The van der Waals surface area contributed by atoms with Gasteiger partial charge in [0.25, 0.3) is 15.9 Å². The molecule has 148 valence electrons. The molecule has 7 nitrogen and oxygen atoms in total. The fourth-order valence-electron chi connectivity index (χ4n) is 2.91. The van der Waals surface area contributed by atoms with Crippen LogP contribution >= 0.6 is 0 Å². The lowest BCUT2D eigenvalue weighted by Gasteiger charge is -2.12. The molecule has 0 aromatic heterocycles. The molecule has 0 radical (unpaired) electrons. The summed E-state index contributed by atoms with van der Waals surface area (Å²) in [5.74, 6) is 1.31. The molecule has 0 bridgehead atoms. The Balaban J connectivity index is 1.50. The van der Waals surface area contributed by atoms with Gasteiger partial charge in [0.05, 0.1) is 18.1 Å². The first-order valence-corrected chi connectivity index (χ1v) is 10.8.